The topological polar surface area (TPSA) is 68.3 Å². The Balaban J connectivity index is 1.82. The van der Waals surface area contributed by atoms with E-state index in [4.69, 9.17) is 9.52 Å². The molecule has 2 heterocycles. The Morgan fingerprint density at radius 1 is 1.29 bits per heavy atom. The van der Waals surface area contributed by atoms with Crippen molar-refractivity contribution in [2.75, 3.05) is 0 Å². The number of aryl methyl sites for hydroxylation is 1. The fraction of sp³-hybridized carbons (Fsp3) is 0.125. The third-order valence-electron chi connectivity index (χ3n) is 3.22. The van der Waals surface area contributed by atoms with E-state index in [1.807, 2.05) is 36.5 Å². The first kappa shape index (κ1) is 13.2. The molecule has 0 spiro atoms. The first-order valence-electron chi connectivity index (χ1n) is 6.54. The Morgan fingerprint density at radius 3 is 2.71 bits per heavy atom. The van der Waals surface area contributed by atoms with Gasteiger partial charge in [-0.15, -0.1) is 0 Å². The standard InChI is InChI=1S/C16H14N2O3/c1-11-7-14(21-15(11)16(19)20)10-18-9-13(8-17-18)12-5-3-2-4-6-12/h2-9H,10H2,1H3,(H,19,20). The minimum Gasteiger partial charge on any atom is -0.475 e. The van der Waals surface area contributed by atoms with Gasteiger partial charge >= 0.3 is 5.97 Å². The summed E-state index contributed by atoms with van der Waals surface area (Å²) in [4.78, 5) is 11.0. The van der Waals surface area contributed by atoms with E-state index >= 15 is 0 Å². The number of hydrogen-bond donors (Lipinski definition) is 1. The highest BCUT2D eigenvalue weighted by atomic mass is 16.4. The largest absolute Gasteiger partial charge is 0.475 e. The van der Waals surface area contributed by atoms with Crippen molar-refractivity contribution in [3.05, 3.63) is 65.9 Å². The first-order valence-corrected chi connectivity index (χ1v) is 6.54. The van der Waals surface area contributed by atoms with E-state index in [0.717, 1.165) is 11.1 Å². The molecule has 1 aromatic carbocycles. The lowest BCUT2D eigenvalue weighted by atomic mass is 10.1. The second kappa shape index (κ2) is 5.28. The molecule has 21 heavy (non-hydrogen) atoms. The molecule has 2 aromatic heterocycles. The molecule has 106 valence electrons. The number of aromatic carboxylic acids is 1. The van der Waals surface area contributed by atoms with Crippen molar-refractivity contribution >= 4 is 5.97 Å². The lowest BCUT2D eigenvalue weighted by molar-refractivity contribution is 0.0659. The average Bonchev–Trinajstić information content (AvgIpc) is 3.07. The fourth-order valence-corrected chi connectivity index (χ4v) is 2.23. The molecule has 1 N–H and O–H groups in total. The van der Waals surface area contributed by atoms with Gasteiger partial charge in [0.2, 0.25) is 5.76 Å². The Bertz CT molecular complexity index is 772. The monoisotopic (exact) mass is 282 g/mol. The van der Waals surface area contributed by atoms with Crippen molar-refractivity contribution in [3.8, 4) is 11.1 Å². The summed E-state index contributed by atoms with van der Waals surface area (Å²) in [6.07, 6.45) is 3.69. The predicted molar refractivity (Wildman–Crippen MR) is 77.2 cm³/mol. The average molecular weight is 282 g/mol. The van der Waals surface area contributed by atoms with E-state index in [9.17, 15) is 4.79 Å². The van der Waals surface area contributed by atoms with Crippen molar-refractivity contribution in [1.29, 1.82) is 0 Å². The molecule has 0 bridgehead atoms. The molecule has 0 radical (unpaired) electrons. The molecule has 5 heteroatoms. The maximum Gasteiger partial charge on any atom is 0.372 e. The lowest BCUT2D eigenvalue weighted by Crippen LogP contribution is -1.98. The van der Waals surface area contributed by atoms with Gasteiger partial charge in [-0.3, -0.25) is 4.68 Å². The van der Waals surface area contributed by atoms with Crippen LogP contribution in [0.5, 0.6) is 0 Å². The minimum absolute atomic E-state index is 0.0135. The van der Waals surface area contributed by atoms with Crippen LogP contribution in [0, 0.1) is 6.92 Å². The summed E-state index contributed by atoms with van der Waals surface area (Å²) in [7, 11) is 0. The van der Waals surface area contributed by atoms with Crippen molar-refractivity contribution in [2.24, 2.45) is 0 Å². The number of benzene rings is 1. The van der Waals surface area contributed by atoms with Gasteiger partial charge in [0.1, 0.15) is 5.76 Å². The van der Waals surface area contributed by atoms with Crippen molar-refractivity contribution in [2.45, 2.75) is 13.5 Å². The molecule has 5 nitrogen and oxygen atoms in total. The highest BCUT2D eigenvalue weighted by Crippen LogP contribution is 2.19. The van der Waals surface area contributed by atoms with E-state index in [1.165, 1.54) is 0 Å². The Morgan fingerprint density at radius 2 is 2.05 bits per heavy atom. The van der Waals surface area contributed by atoms with Crippen LogP contribution in [0.3, 0.4) is 0 Å². The van der Waals surface area contributed by atoms with E-state index in [2.05, 4.69) is 5.10 Å². The summed E-state index contributed by atoms with van der Waals surface area (Å²) < 4.78 is 7.06. The zero-order chi connectivity index (χ0) is 14.8. The van der Waals surface area contributed by atoms with Gasteiger partial charge in [-0.25, -0.2) is 4.79 Å². The molecule has 0 unspecified atom stereocenters. The molecule has 0 amide bonds. The molecule has 0 aliphatic carbocycles. The number of rotatable bonds is 4. The Kier molecular flexibility index (Phi) is 3.31. The fourth-order valence-electron chi connectivity index (χ4n) is 2.23. The van der Waals surface area contributed by atoms with Crippen LogP contribution in [-0.4, -0.2) is 20.9 Å². The number of carboxylic acid groups (broad SMARTS) is 1. The van der Waals surface area contributed by atoms with Crippen LogP contribution in [0.1, 0.15) is 21.9 Å². The molecule has 3 rings (SSSR count). The molecule has 0 aliphatic heterocycles. The third-order valence-corrected chi connectivity index (χ3v) is 3.22. The van der Waals surface area contributed by atoms with E-state index in [1.54, 1.807) is 23.9 Å². The summed E-state index contributed by atoms with van der Waals surface area (Å²) in [6.45, 7) is 2.12. The number of furan rings is 1. The van der Waals surface area contributed by atoms with E-state index in [-0.39, 0.29) is 5.76 Å². The van der Waals surface area contributed by atoms with Crippen LogP contribution in [-0.2, 0) is 6.54 Å². The number of aromatic nitrogens is 2. The van der Waals surface area contributed by atoms with Crippen molar-refractivity contribution in [1.82, 2.24) is 9.78 Å². The van der Waals surface area contributed by atoms with Crippen LogP contribution >= 0.6 is 0 Å². The second-order valence-corrected chi connectivity index (χ2v) is 4.82. The van der Waals surface area contributed by atoms with E-state index in [0.29, 0.717) is 17.9 Å². The molecule has 0 aliphatic rings. The van der Waals surface area contributed by atoms with Crippen LogP contribution < -0.4 is 0 Å². The van der Waals surface area contributed by atoms with Gasteiger partial charge in [0.15, 0.2) is 0 Å². The zero-order valence-corrected chi connectivity index (χ0v) is 11.5. The lowest BCUT2D eigenvalue weighted by Gasteiger charge is -1.97. The van der Waals surface area contributed by atoms with Crippen LogP contribution in [0.15, 0.2) is 53.2 Å². The number of carbonyl (C=O) groups is 1. The normalized spacial score (nSPS) is 10.7. The quantitative estimate of drug-likeness (QED) is 0.798. The van der Waals surface area contributed by atoms with Crippen molar-refractivity contribution in [3.63, 3.8) is 0 Å². The van der Waals surface area contributed by atoms with Crippen molar-refractivity contribution < 1.29 is 14.3 Å². The van der Waals surface area contributed by atoms with Gasteiger partial charge in [-0.05, 0) is 18.6 Å². The van der Waals surface area contributed by atoms with Crippen LogP contribution in [0.4, 0.5) is 0 Å². The summed E-state index contributed by atoms with van der Waals surface area (Å²) in [5, 5.41) is 13.3. The zero-order valence-electron chi connectivity index (χ0n) is 11.5. The van der Waals surface area contributed by atoms with E-state index < -0.39 is 5.97 Å². The summed E-state index contributed by atoms with van der Waals surface area (Å²) in [5.74, 6) is -0.489. The van der Waals surface area contributed by atoms with Crippen LogP contribution in [0.25, 0.3) is 11.1 Å². The maximum atomic E-state index is 11.0. The SMILES string of the molecule is Cc1cc(Cn2cc(-c3ccccc3)cn2)oc1C(=O)O. The summed E-state index contributed by atoms with van der Waals surface area (Å²) >= 11 is 0. The van der Waals surface area contributed by atoms with Gasteiger partial charge < -0.3 is 9.52 Å². The number of carboxylic acids is 1. The van der Waals surface area contributed by atoms with Gasteiger partial charge in [0, 0.05) is 17.3 Å². The molecular weight excluding hydrogens is 268 g/mol. The molecule has 3 aromatic rings. The third kappa shape index (κ3) is 2.72. The number of nitrogens with zero attached hydrogens (tertiary/aromatic N) is 2. The maximum absolute atomic E-state index is 11.0. The second-order valence-electron chi connectivity index (χ2n) is 4.82. The van der Waals surface area contributed by atoms with Gasteiger partial charge in [-0.2, -0.15) is 5.10 Å². The van der Waals surface area contributed by atoms with Gasteiger partial charge in [-0.1, -0.05) is 30.3 Å². The molecule has 0 saturated carbocycles. The highest BCUT2D eigenvalue weighted by molar-refractivity contribution is 5.86. The molecule has 0 atom stereocenters. The summed E-state index contributed by atoms with van der Waals surface area (Å²) in [5.41, 5.74) is 2.72. The Labute approximate surface area is 121 Å². The number of hydrogen-bond acceptors (Lipinski definition) is 3. The summed E-state index contributed by atoms with van der Waals surface area (Å²) in [6, 6.07) is 11.7. The van der Waals surface area contributed by atoms with Gasteiger partial charge in [0.05, 0.1) is 12.7 Å². The smallest absolute Gasteiger partial charge is 0.372 e. The highest BCUT2D eigenvalue weighted by Gasteiger charge is 2.14. The molecular formula is C16H14N2O3. The predicted octanol–water partition coefficient (Wildman–Crippen LogP) is 3.20. The molecule has 0 fully saturated rings. The first-order chi connectivity index (χ1) is 10.1. The minimum atomic E-state index is -1.05. The molecule has 0 saturated heterocycles. The van der Waals surface area contributed by atoms with Crippen LogP contribution in [0.2, 0.25) is 0 Å². The van der Waals surface area contributed by atoms with Gasteiger partial charge in [0.25, 0.3) is 0 Å². The Hall–Kier alpha value is -2.82.